The minimum atomic E-state index is 0.0158. The van der Waals surface area contributed by atoms with Crippen molar-refractivity contribution in [1.29, 1.82) is 0 Å². The summed E-state index contributed by atoms with van der Waals surface area (Å²) in [5, 5.41) is 4.43. The first-order valence-corrected chi connectivity index (χ1v) is 5.13. The van der Waals surface area contributed by atoms with E-state index in [-0.39, 0.29) is 6.23 Å². The van der Waals surface area contributed by atoms with Crippen LogP contribution in [0.3, 0.4) is 0 Å². The van der Waals surface area contributed by atoms with Crippen molar-refractivity contribution in [2.24, 2.45) is 0 Å². The number of pyridine rings is 1. The second kappa shape index (κ2) is 3.61. The zero-order valence-electron chi connectivity index (χ0n) is 8.31. The van der Waals surface area contributed by atoms with E-state index in [0.29, 0.717) is 0 Å². The molecule has 76 valence electrons. The van der Waals surface area contributed by atoms with Crippen LogP contribution < -0.4 is 5.32 Å². The van der Waals surface area contributed by atoms with Gasteiger partial charge < -0.3 is 4.74 Å². The van der Waals surface area contributed by atoms with Gasteiger partial charge in [-0.3, -0.25) is 10.3 Å². The second-order valence-corrected chi connectivity index (χ2v) is 3.67. The Hall–Kier alpha value is -1.45. The number of hydrogen-bond donors (Lipinski definition) is 1. The Bertz CT molecular complexity index is 478. The van der Waals surface area contributed by atoms with Crippen molar-refractivity contribution in [3.8, 4) is 0 Å². The molecule has 3 heteroatoms. The first-order valence-electron chi connectivity index (χ1n) is 5.13. The molecule has 1 fully saturated rings. The SMILES string of the molecule is c1ccc2ncc(C3NCCO3)cc2c1. The number of hydrogen-bond acceptors (Lipinski definition) is 3. The van der Waals surface area contributed by atoms with Crippen molar-refractivity contribution in [2.45, 2.75) is 6.23 Å². The Morgan fingerprint density at radius 2 is 2.27 bits per heavy atom. The highest BCUT2D eigenvalue weighted by atomic mass is 16.5. The number of aromatic nitrogens is 1. The molecule has 0 radical (unpaired) electrons. The van der Waals surface area contributed by atoms with Crippen LogP contribution in [0.1, 0.15) is 11.8 Å². The second-order valence-electron chi connectivity index (χ2n) is 3.67. The van der Waals surface area contributed by atoms with Gasteiger partial charge in [-0.25, -0.2) is 0 Å². The smallest absolute Gasteiger partial charge is 0.135 e. The lowest BCUT2D eigenvalue weighted by Crippen LogP contribution is -2.13. The number of fused-ring (bicyclic) bond motifs is 1. The molecule has 1 aromatic heterocycles. The van der Waals surface area contributed by atoms with E-state index in [2.05, 4.69) is 22.4 Å². The van der Waals surface area contributed by atoms with Crippen molar-refractivity contribution >= 4 is 10.9 Å². The molecule has 0 spiro atoms. The van der Waals surface area contributed by atoms with Crippen LogP contribution in [0.15, 0.2) is 36.5 Å². The van der Waals surface area contributed by atoms with E-state index in [1.165, 1.54) is 0 Å². The molecular formula is C12H12N2O. The topological polar surface area (TPSA) is 34.2 Å². The number of rotatable bonds is 1. The van der Waals surface area contributed by atoms with Crippen LogP contribution in [-0.2, 0) is 4.74 Å². The lowest BCUT2D eigenvalue weighted by Gasteiger charge is -2.10. The fourth-order valence-corrected chi connectivity index (χ4v) is 1.87. The summed E-state index contributed by atoms with van der Waals surface area (Å²) >= 11 is 0. The van der Waals surface area contributed by atoms with Crippen LogP contribution in [0.4, 0.5) is 0 Å². The molecule has 1 N–H and O–H groups in total. The average Bonchev–Trinajstić information content (AvgIpc) is 2.82. The standard InChI is InChI=1S/C12H12N2O/c1-2-4-11-9(3-1)7-10(8-14-11)12-13-5-6-15-12/h1-4,7-8,12-13H,5-6H2. The Balaban J connectivity index is 2.05. The number of nitrogens with zero attached hydrogens (tertiary/aromatic N) is 1. The molecule has 15 heavy (non-hydrogen) atoms. The highest BCUT2D eigenvalue weighted by Gasteiger charge is 2.16. The van der Waals surface area contributed by atoms with E-state index < -0.39 is 0 Å². The van der Waals surface area contributed by atoms with E-state index in [1.807, 2.05) is 24.4 Å². The molecule has 2 aromatic rings. The van der Waals surface area contributed by atoms with Gasteiger partial charge in [0, 0.05) is 23.7 Å². The Kier molecular flexibility index (Phi) is 2.12. The van der Waals surface area contributed by atoms with E-state index in [4.69, 9.17) is 4.74 Å². The molecule has 1 saturated heterocycles. The Morgan fingerprint density at radius 1 is 1.33 bits per heavy atom. The molecule has 0 aliphatic carbocycles. The van der Waals surface area contributed by atoms with Gasteiger partial charge in [0.25, 0.3) is 0 Å². The maximum absolute atomic E-state index is 5.54. The fourth-order valence-electron chi connectivity index (χ4n) is 1.87. The fraction of sp³-hybridized carbons (Fsp3) is 0.250. The maximum Gasteiger partial charge on any atom is 0.135 e. The van der Waals surface area contributed by atoms with Gasteiger partial charge >= 0.3 is 0 Å². The molecule has 1 aliphatic heterocycles. The van der Waals surface area contributed by atoms with Gasteiger partial charge in [-0.2, -0.15) is 0 Å². The van der Waals surface area contributed by atoms with Crippen molar-refractivity contribution in [3.05, 3.63) is 42.1 Å². The van der Waals surface area contributed by atoms with Gasteiger partial charge in [-0.1, -0.05) is 18.2 Å². The Morgan fingerprint density at radius 3 is 3.13 bits per heavy atom. The summed E-state index contributed by atoms with van der Waals surface area (Å²) < 4.78 is 5.54. The summed E-state index contributed by atoms with van der Waals surface area (Å²) in [6, 6.07) is 10.2. The molecule has 1 atom stereocenters. The molecule has 1 unspecified atom stereocenters. The van der Waals surface area contributed by atoms with Crippen LogP contribution in [0, 0.1) is 0 Å². The summed E-state index contributed by atoms with van der Waals surface area (Å²) in [6.07, 6.45) is 1.90. The summed E-state index contributed by atoms with van der Waals surface area (Å²) in [6.45, 7) is 1.69. The minimum Gasteiger partial charge on any atom is -0.358 e. The van der Waals surface area contributed by atoms with E-state index >= 15 is 0 Å². The van der Waals surface area contributed by atoms with Crippen molar-refractivity contribution in [3.63, 3.8) is 0 Å². The van der Waals surface area contributed by atoms with Crippen LogP contribution in [0.2, 0.25) is 0 Å². The summed E-state index contributed by atoms with van der Waals surface area (Å²) in [5.41, 5.74) is 2.13. The number of ether oxygens (including phenoxy) is 1. The van der Waals surface area contributed by atoms with Crippen LogP contribution >= 0.6 is 0 Å². The molecule has 1 aromatic carbocycles. The normalized spacial score (nSPS) is 20.9. The molecule has 1 aliphatic rings. The van der Waals surface area contributed by atoms with Gasteiger partial charge in [0.05, 0.1) is 12.1 Å². The van der Waals surface area contributed by atoms with Gasteiger partial charge in [0.2, 0.25) is 0 Å². The first kappa shape index (κ1) is 8.83. The molecule has 0 amide bonds. The van der Waals surface area contributed by atoms with Gasteiger partial charge in [0.1, 0.15) is 6.23 Å². The lowest BCUT2D eigenvalue weighted by molar-refractivity contribution is 0.102. The molecule has 2 heterocycles. The molecular weight excluding hydrogens is 188 g/mol. The van der Waals surface area contributed by atoms with Crippen molar-refractivity contribution in [2.75, 3.05) is 13.2 Å². The zero-order chi connectivity index (χ0) is 10.1. The highest BCUT2D eigenvalue weighted by Crippen LogP contribution is 2.20. The van der Waals surface area contributed by atoms with E-state index in [1.54, 1.807) is 0 Å². The molecule has 0 bridgehead atoms. The van der Waals surface area contributed by atoms with Gasteiger partial charge in [-0.15, -0.1) is 0 Å². The maximum atomic E-state index is 5.54. The van der Waals surface area contributed by atoms with Gasteiger partial charge in [0.15, 0.2) is 0 Å². The third kappa shape index (κ3) is 1.60. The van der Waals surface area contributed by atoms with Crippen LogP contribution in [0.5, 0.6) is 0 Å². The molecule has 3 rings (SSSR count). The number of benzene rings is 1. The number of para-hydroxylation sites is 1. The third-order valence-corrected chi connectivity index (χ3v) is 2.63. The first-order chi connectivity index (χ1) is 7.43. The van der Waals surface area contributed by atoms with E-state index in [9.17, 15) is 0 Å². The largest absolute Gasteiger partial charge is 0.358 e. The third-order valence-electron chi connectivity index (χ3n) is 2.63. The summed E-state index contributed by atoms with van der Waals surface area (Å²) in [5.74, 6) is 0. The lowest BCUT2D eigenvalue weighted by atomic mass is 10.1. The molecule has 3 nitrogen and oxygen atoms in total. The Labute approximate surface area is 88.1 Å². The van der Waals surface area contributed by atoms with Crippen molar-refractivity contribution in [1.82, 2.24) is 10.3 Å². The van der Waals surface area contributed by atoms with E-state index in [0.717, 1.165) is 29.6 Å². The summed E-state index contributed by atoms with van der Waals surface area (Å²) in [4.78, 5) is 4.41. The van der Waals surface area contributed by atoms with Crippen LogP contribution in [-0.4, -0.2) is 18.1 Å². The molecule has 0 saturated carbocycles. The number of nitrogens with one attached hydrogen (secondary N) is 1. The average molecular weight is 200 g/mol. The predicted octanol–water partition coefficient (Wildman–Crippen LogP) is 1.85. The van der Waals surface area contributed by atoms with Crippen LogP contribution in [0.25, 0.3) is 10.9 Å². The zero-order valence-corrected chi connectivity index (χ0v) is 8.31. The predicted molar refractivity (Wildman–Crippen MR) is 58.4 cm³/mol. The van der Waals surface area contributed by atoms with Gasteiger partial charge in [-0.05, 0) is 12.1 Å². The highest BCUT2D eigenvalue weighted by molar-refractivity contribution is 5.78. The summed E-state index contributed by atoms with van der Waals surface area (Å²) in [7, 11) is 0. The monoisotopic (exact) mass is 200 g/mol. The van der Waals surface area contributed by atoms with Crippen molar-refractivity contribution < 1.29 is 4.74 Å². The minimum absolute atomic E-state index is 0.0158. The quantitative estimate of drug-likeness (QED) is 0.762.